The molecule has 2 aliphatic rings. The van der Waals surface area contributed by atoms with E-state index in [0.717, 1.165) is 11.1 Å². The maximum absolute atomic E-state index is 13.9. The standard InChI is InChI=1S/C51H60B2N6O14/c1-32(2)22-36(26-42(60)38(24-34-12-7-5-8-13-34)58-48(64)40-30-54-16-18-56-40)52-70-44(50(66)72-52)28-46(62)68-20-11-21-69-47(63)29-45-51(67)73-53(71-45)37(23-33(3)4)27-43(61)39(25-35-14-9-6-10-15-35)59-49(65)41-31-55-17-19-57-41/h5-10,12-19,30-33,36-39,44-45H,11,20-29H2,1-4H3,(H,58,64)(H,59,65)/t36-,37-,38+,39+,44+,45+/m1/s1. The Labute approximate surface area is 424 Å². The zero-order valence-corrected chi connectivity index (χ0v) is 41.3. The van der Waals surface area contributed by atoms with Gasteiger partial charge in [-0.3, -0.25) is 48.3 Å². The van der Waals surface area contributed by atoms with Crippen molar-refractivity contribution in [1.82, 2.24) is 30.6 Å². The van der Waals surface area contributed by atoms with Gasteiger partial charge in [-0.15, -0.1) is 0 Å². The summed E-state index contributed by atoms with van der Waals surface area (Å²) in [6.07, 6.45) is 5.78. The monoisotopic (exact) mass is 1000 g/mol. The lowest BCUT2D eigenvalue weighted by molar-refractivity contribution is -0.152. The number of rotatable bonds is 28. The Morgan fingerprint density at radius 1 is 0.589 bits per heavy atom. The third-order valence-corrected chi connectivity index (χ3v) is 11.9. The highest BCUT2D eigenvalue weighted by Crippen LogP contribution is 2.34. The number of ketones is 2. The summed E-state index contributed by atoms with van der Waals surface area (Å²) in [5, 5.41) is 5.57. The van der Waals surface area contributed by atoms with Crippen molar-refractivity contribution < 1.29 is 66.4 Å². The molecule has 0 unspecified atom stereocenters. The molecular weight excluding hydrogens is 942 g/mol. The largest absolute Gasteiger partial charge is 0.531 e. The molecule has 0 saturated carbocycles. The van der Waals surface area contributed by atoms with Gasteiger partial charge in [0.15, 0.2) is 23.8 Å². The summed E-state index contributed by atoms with van der Waals surface area (Å²) in [7, 11) is -2.28. The number of hydrogen-bond donors (Lipinski definition) is 2. The molecule has 2 aromatic heterocycles. The molecule has 2 aromatic carbocycles. The van der Waals surface area contributed by atoms with E-state index in [9.17, 15) is 38.4 Å². The number of nitrogens with zero attached hydrogens (tertiary/aromatic N) is 4. The molecule has 4 aromatic rings. The number of benzene rings is 2. The van der Waals surface area contributed by atoms with E-state index >= 15 is 0 Å². The van der Waals surface area contributed by atoms with E-state index in [0.29, 0.717) is 12.8 Å². The number of Topliss-reactive ketones (excluding diaryl/α,β-unsaturated/α-hetero) is 2. The molecule has 2 fully saturated rings. The molecule has 4 heterocycles. The van der Waals surface area contributed by atoms with Gasteiger partial charge in [0.25, 0.3) is 11.8 Å². The average molecular weight is 1000 g/mol. The topological polar surface area (TPSA) is 268 Å². The number of hydrogen-bond acceptors (Lipinski definition) is 18. The smallest absolute Gasteiger partial charge is 0.507 e. The van der Waals surface area contributed by atoms with E-state index in [1.807, 2.05) is 88.4 Å². The molecule has 384 valence electrons. The molecule has 0 spiro atoms. The summed E-state index contributed by atoms with van der Waals surface area (Å²) >= 11 is 0. The average Bonchev–Trinajstić information content (AvgIpc) is 3.93. The van der Waals surface area contributed by atoms with E-state index in [1.54, 1.807) is 0 Å². The van der Waals surface area contributed by atoms with Crippen LogP contribution < -0.4 is 10.6 Å². The van der Waals surface area contributed by atoms with Crippen LogP contribution in [0, 0.1) is 11.8 Å². The predicted octanol–water partition coefficient (Wildman–Crippen LogP) is 4.52. The van der Waals surface area contributed by atoms with Crippen LogP contribution in [-0.4, -0.2) is 119 Å². The van der Waals surface area contributed by atoms with Crippen LogP contribution in [-0.2, 0) is 69.7 Å². The Hall–Kier alpha value is -7.19. The van der Waals surface area contributed by atoms with Gasteiger partial charge >= 0.3 is 38.1 Å². The molecule has 6 atom stereocenters. The minimum Gasteiger partial charge on any atom is -0.507 e. The Morgan fingerprint density at radius 2 is 0.986 bits per heavy atom. The highest BCUT2D eigenvalue weighted by molar-refractivity contribution is 6.51. The minimum atomic E-state index is -1.30. The SMILES string of the molecule is CC(C)C[C@H](CC(=O)[C@H](Cc1ccccc1)NC(=O)c1cnccn1)B1OC(=O)[C@H](CC(=O)OCCCOC(=O)C[C@@H]2OB([C@@H](CC(=O)[C@H](Cc3ccccc3)NC(=O)c3cnccn3)CC(C)C)OC2=O)O1. The highest BCUT2D eigenvalue weighted by atomic mass is 16.7. The quantitative estimate of drug-likeness (QED) is 0.0450. The fraction of sp³-hybridized carbons (Fsp3) is 0.451. The molecule has 2 amide bonds. The molecule has 22 heteroatoms. The number of carbonyl (C=O) groups excluding carboxylic acids is 8. The van der Waals surface area contributed by atoms with Crippen LogP contribution in [0.1, 0.15) is 105 Å². The molecular formula is C51H60B2N6O14. The number of aromatic nitrogens is 4. The summed E-state index contributed by atoms with van der Waals surface area (Å²) in [4.78, 5) is 122. The van der Waals surface area contributed by atoms with Crippen molar-refractivity contribution in [3.63, 3.8) is 0 Å². The van der Waals surface area contributed by atoms with Crippen LogP contribution in [0.15, 0.2) is 97.8 Å². The lowest BCUT2D eigenvalue weighted by Crippen LogP contribution is -2.44. The van der Waals surface area contributed by atoms with Crippen molar-refractivity contribution >= 4 is 61.5 Å². The molecule has 0 radical (unpaired) electrons. The molecule has 0 bridgehead atoms. The number of nitrogens with one attached hydrogen (secondary N) is 2. The number of amides is 2. The third kappa shape index (κ3) is 17.5. The summed E-state index contributed by atoms with van der Waals surface area (Å²) in [6.45, 7) is 7.42. The second-order valence-electron chi connectivity index (χ2n) is 18.8. The second-order valence-corrected chi connectivity index (χ2v) is 18.8. The van der Waals surface area contributed by atoms with Gasteiger partial charge in [-0.1, -0.05) is 88.4 Å². The normalized spacial score (nSPS) is 17.0. The first-order chi connectivity index (χ1) is 35.1. The van der Waals surface area contributed by atoms with Crippen molar-refractivity contribution in [1.29, 1.82) is 0 Å². The van der Waals surface area contributed by atoms with Gasteiger partial charge in [0.1, 0.15) is 11.4 Å². The van der Waals surface area contributed by atoms with Gasteiger partial charge in [-0.25, -0.2) is 9.97 Å². The molecule has 2 saturated heterocycles. The van der Waals surface area contributed by atoms with E-state index in [4.69, 9.17) is 28.1 Å². The zero-order chi connectivity index (χ0) is 52.3. The van der Waals surface area contributed by atoms with Crippen LogP contribution in [0.3, 0.4) is 0 Å². The molecule has 2 aliphatic heterocycles. The maximum atomic E-state index is 13.9. The second kappa shape index (κ2) is 27.6. The van der Waals surface area contributed by atoms with Crippen LogP contribution >= 0.6 is 0 Å². The molecule has 20 nitrogen and oxygen atoms in total. The van der Waals surface area contributed by atoms with Crippen molar-refractivity contribution in [2.75, 3.05) is 13.2 Å². The lowest BCUT2D eigenvalue weighted by atomic mass is 9.65. The van der Waals surface area contributed by atoms with Crippen molar-refractivity contribution in [3.8, 4) is 0 Å². The first kappa shape index (κ1) is 55.1. The molecule has 6 rings (SSSR count). The maximum Gasteiger partial charge on any atom is 0.531 e. The third-order valence-electron chi connectivity index (χ3n) is 11.9. The Kier molecular flexibility index (Phi) is 20.8. The van der Waals surface area contributed by atoms with Crippen molar-refractivity contribution in [3.05, 3.63) is 120 Å². The Morgan fingerprint density at radius 3 is 1.34 bits per heavy atom. The van der Waals surface area contributed by atoms with Gasteiger partial charge in [0.05, 0.1) is 50.5 Å². The predicted molar refractivity (Wildman–Crippen MR) is 262 cm³/mol. The van der Waals surface area contributed by atoms with Crippen molar-refractivity contribution in [2.24, 2.45) is 11.8 Å². The van der Waals surface area contributed by atoms with E-state index in [-0.39, 0.29) is 80.1 Å². The Balaban J connectivity index is 0.943. The zero-order valence-electron chi connectivity index (χ0n) is 41.3. The number of carbonyl (C=O) groups is 8. The van der Waals surface area contributed by atoms with Gasteiger partial charge in [-0.2, -0.15) is 0 Å². The highest BCUT2D eigenvalue weighted by Gasteiger charge is 2.49. The lowest BCUT2D eigenvalue weighted by Gasteiger charge is -2.23. The fourth-order valence-corrected chi connectivity index (χ4v) is 8.48. The first-order valence-electron chi connectivity index (χ1n) is 24.4. The van der Waals surface area contributed by atoms with Gasteiger partial charge in [0, 0.05) is 55.7 Å². The van der Waals surface area contributed by atoms with Crippen LogP contribution in [0.2, 0.25) is 11.6 Å². The summed E-state index contributed by atoms with van der Waals surface area (Å²) in [5.41, 5.74) is 1.72. The molecule has 73 heavy (non-hydrogen) atoms. The fourth-order valence-electron chi connectivity index (χ4n) is 8.48. The van der Waals surface area contributed by atoms with Gasteiger partial charge < -0.3 is 38.7 Å². The summed E-state index contributed by atoms with van der Waals surface area (Å²) < 4.78 is 33.6. The number of esters is 2. The number of ether oxygens (including phenoxy) is 2. The minimum absolute atomic E-state index is 0.0441. The summed E-state index contributed by atoms with van der Waals surface area (Å²) in [5.74, 6) is -6.00. The summed E-state index contributed by atoms with van der Waals surface area (Å²) in [6, 6.07) is 16.5. The van der Waals surface area contributed by atoms with Gasteiger partial charge in [-0.05, 0) is 48.6 Å². The van der Waals surface area contributed by atoms with E-state index in [1.165, 1.54) is 37.2 Å². The first-order valence-corrected chi connectivity index (χ1v) is 24.4. The van der Waals surface area contributed by atoms with E-state index < -0.39 is 98.7 Å². The van der Waals surface area contributed by atoms with Crippen LogP contribution in [0.5, 0.6) is 0 Å². The molecule has 0 aliphatic carbocycles. The van der Waals surface area contributed by atoms with Crippen LogP contribution in [0.4, 0.5) is 0 Å². The van der Waals surface area contributed by atoms with Crippen molar-refractivity contribution in [2.45, 2.75) is 121 Å². The van der Waals surface area contributed by atoms with E-state index in [2.05, 4.69) is 30.6 Å². The molecule has 2 N–H and O–H groups in total. The van der Waals surface area contributed by atoms with Gasteiger partial charge in [0.2, 0.25) is 0 Å². The Bertz CT molecular complexity index is 2320. The van der Waals surface area contributed by atoms with Crippen LogP contribution in [0.25, 0.3) is 0 Å².